The number of methoxy groups -OCH3 is 1. The van der Waals surface area contributed by atoms with Crippen LogP contribution in [0.25, 0.3) is 5.76 Å². The summed E-state index contributed by atoms with van der Waals surface area (Å²) in [6.07, 6.45) is 1.61. The van der Waals surface area contributed by atoms with Gasteiger partial charge in [-0.25, -0.2) is 0 Å². The quantitative estimate of drug-likeness (QED) is 0.265. The first-order valence-corrected chi connectivity index (χ1v) is 12.3. The number of likely N-dealkylation sites (tertiary alicyclic amines) is 1. The summed E-state index contributed by atoms with van der Waals surface area (Å²) in [5.41, 5.74) is 2.39. The SMILES string of the molecule is CCOc1ccc(/C(O)=C2/C(=O)C(=O)N(Cc3ccc(OC)cc3)C2c2ccccn2)cc1C(C)(C)C. The number of hydrogen-bond acceptors (Lipinski definition) is 6. The molecule has 1 unspecified atom stereocenters. The first-order valence-electron chi connectivity index (χ1n) is 12.3. The molecule has 1 fully saturated rings. The Balaban J connectivity index is 1.84. The molecule has 1 aliphatic heterocycles. The van der Waals surface area contributed by atoms with E-state index in [2.05, 4.69) is 25.8 Å². The van der Waals surface area contributed by atoms with Gasteiger partial charge in [-0.3, -0.25) is 14.6 Å². The summed E-state index contributed by atoms with van der Waals surface area (Å²) in [6.45, 7) is 8.74. The summed E-state index contributed by atoms with van der Waals surface area (Å²) in [6, 6.07) is 17.1. The Hall–Kier alpha value is -4.13. The van der Waals surface area contributed by atoms with Crippen molar-refractivity contribution >= 4 is 17.4 Å². The summed E-state index contributed by atoms with van der Waals surface area (Å²) in [7, 11) is 1.58. The third-order valence-corrected chi connectivity index (χ3v) is 6.38. The van der Waals surface area contributed by atoms with Crippen molar-refractivity contribution < 1.29 is 24.2 Å². The van der Waals surface area contributed by atoms with Crippen LogP contribution in [-0.4, -0.2) is 40.4 Å². The summed E-state index contributed by atoms with van der Waals surface area (Å²) in [4.78, 5) is 32.6. The number of carbonyl (C=O) groups excluding carboxylic acids is 2. The van der Waals surface area contributed by atoms with Gasteiger partial charge in [-0.2, -0.15) is 0 Å². The normalized spacial score (nSPS) is 17.2. The van der Waals surface area contributed by atoms with Crippen molar-refractivity contribution in [1.29, 1.82) is 0 Å². The molecular weight excluding hydrogens is 468 g/mol. The van der Waals surface area contributed by atoms with Crippen LogP contribution >= 0.6 is 0 Å². The number of ether oxygens (including phenoxy) is 2. The van der Waals surface area contributed by atoms with Crippen LogP contribution in [0.2, 0.25) is 0 Å². The van der Waals surface area contributed by atoms with Gasteiger partial charge >= 0.3 is 0 Å². The number of amides is 1. The average Bonchev–Trinajstić information content (AvgIpc) is 3.14. The van der Waals surface area contributed by atoms with Gasteiger partial charge in [0.1, 0.15) is 23.3 Å². The Labute approximate surface area is 217 Å². The number of nitrogens with zero attached hydrogens (tertiary/aromatic N) is 2. The standard InChI is InChI=1S/C30H32N2O5/c1-6-37-24-15-12-20(17-22(24)30(2,3)4)27(33)25-26(23-9-7-8-16-31-23)32(29(35)28(25)34)18-19-10-13-21(36-5)14-11-19/h7-17,26,33H,6,18H2,1-5H3/b27-25-. The highest BCUT2D eigenvalue weighted by Gasteiger charge is 2.46. The van der Waals surface area contributed by atoms with Crippen molar-refractivity contribution in [3.05, 3.63) is 94.8 Å². The molecule has 1 N–H and O–H groups in total. The van der Waals surface area contributed by atoms with Crippen LogP contribution in [0.3, 0.4) is 0 Å². The van der Waals surface area contributed by atoms with Gasteiger partial charge in [-0.1, -0.05) is 39.0 Å². The maximum absolute atomic E-state index is 13.4. The predicted molar refractivity (Wildman–Crippen MR) is 141 cm³/mol. The Morgan fingerprint density at radius 2 is 1.78 bits per heavy atom. The van der Waals surface area contributed by atoms with Gasteiger partial charge in [0.05, 0.1) is 25.0 Å². The molecule has 1 aliphatic rings. The molecule has 1 saturated heterocycles. The third-order valence-electron chi connectivity index (χ3n) is 6.38. The molecule has 0 radical (unpaired) electrons. The number of aliphatic hydroxyl groups is 1. The second-order valence-corrected chi connectivity index (χ2v) is 9.92. The zero-order chi connectivity index (χ0) is 26.7. The van der Waals surface area contributed by atoms with E-state index in [4.69, 9.17) is 9.47 Å². The molecule has 7 nitrogen and oxygen atoms in total. The number of rotatable bonds is 7. The van der Waals surface area contributed by atoms with Gasteiger partial charge in [0.15, 0.2) is 0 Å². The fourth-order valence-electron chi connectivity index (χ4n) is 4.52. The van der Waals surface area contributed by atoms with Crippen molar-refractivity contribution in [2.45, 2.75) is 45.7 Å². The highest BCUT2D eigenvalue weighted by molar-refractivity contribution is 6.46. The molecule has 3 aromatic rings. The molecule has 37 heavy (non-hydrogen) atoms. The molecule has 0 aliphatic carbocycles. The average molecular weight is 501 g/mol. The molecule has 2 aromatic carbocycles. The van der Waals surface area contributed by atoms with Gasteiger partial charge in [0, 0.05) is 23.9 Å². The molecule has 0 spiro atoms. The van der Waals surface area contributed by atoms with E-state index in [1.54, 1.807) is 55.8 Å². The maximum atomic E-state index is 13.4. The lowest BCUT2D eigenvalue weighted by molar-refractivity contribution is -0.140. The fourth-order valence-corrected chi connectivity index (χ4v) is 4.52. The van der Waals surface area contributed by atoms with E-state index in [1.165, 1.54) is 4.90 Å². The number of benzene rings is 2. The number of carbonyl (C=O) groups is 2. The lowest BCUT2D eigenvalue weighted by Gasteiger charge is -2.25. The number of Topliss-reactive ketones (excluding diaryl/α,β-unsaturated/α-hetero) is 1. The van der Waals surface area contributed by atoms with Crippen molar-refractivity contribution in [1.82, 2.24) is 9.88 Å². The van der Waals surface area contributed by atoms with Crippen molar-refractivity contribution in [2.24, 2.45) is 0 Å². The Bertz CT molecular complexity index is 1320. The number of aliphatic hydroxyl groups excluding tert-OH is 1. The summed E-state index contributed by atoms with van der Waals surface area (Å²) in [5, 5.41) is 11.5. The van der Waals surface area contributed by atoms with E-state index in [1.807, 2.05) is 25.1 Å². The fraction of sp³-hybridized carbons (Fsp3) is 0.300. The minimum Gasteiger partial charge on any atom is -0.507 e. The second-order valence-electron chi connectivity index (χ2n) is 9.92. The number of aromatic nitrogens is 1. The Kier molecular flexibility index (Phi) is 7.34. The van der Waals surface area contributed by atoms with E-state index in [9.17, 15) is 14.7 Å². The van der Waals surface area contributed by atoms with Gasteiger partial charge < -0.3 is 19.5 Å². The van der Waals surface area contributed by atoms with Gasteiger partial charge in [-0.05, 0) is 60.4 Å². The summed E-state index contributed by atoms with van der Waals surface area (Å²) < 4.78 is 11.0. The first kappa shape index (κ1) is 25.9. The van der Waals surface area contributed by atoms with Crippen LogP contribution in [0.15, 0.2) is 72.4 Å². The topological polar surface area (TPSA) is 89.0 Å². The zero-order valence-corrected chi connectivity index (χ0v) is 21.8. The Morgan fingerprint density at radius 1 is 1.05 bits per heavy atom. The Morgan fingerprint density at radius 3 is 2.38 bits per heavy atom. The molecule has 1 amide bonds. The smallest absolute Gasteiger partial charge is 0.296 e. The highest BCUT2D eigenvalue weighted by atomic mass is 16.5. The van der Waals surface area contributed by atoms with Crippen LogP contribution < -0.4 is 9.47 Å². The molecule has 1 aromatic heterocycles. The molecule has 192 valence electrons. The van der Waals surface area contributed by atoms with Crippen LogP contribution in [0.5, 0.6) is 11.5 Å². The molecular formula is C30H32N2O5. The van der Waals surface area contributed by atoms with E-state index < -0.39 is 17.7 Å². The second kappa shape index (κ2) is 10.5. The van der Waals surface area contributed by atoms with Gasteiger partial charge in [-0.15, -0.1) is 0 Å². The van der Waals surface area contributed by atoms with E-state index in [-0.39, 0.29) is 23.3 Å². The van der Waals surface area contributed by atoms with Crippen LogP contribution in [0.4, 0.5) is 0 Å². The van der Waals surface area contributed by atoms with Crippen LogP contribution in [0, 0.1) is 0 Å². The lowest BCUT2D eigenvalue weighted by Crippen LogP contribution is -2.29. The highest BCUT2D eigenvalue weighted by Crippen LogP contribution is 2.41. The predicted octanol–water partition coefficient (Wildman–Crippen LogP) is 5.41. The van der Waals surface area contributed by atoms with E-state index >= 15 is 0 Å². The van der Waals surface area contributed by atoms with Gasteiger partial charge in [0.2, 0.25) is 0 Å². The van der Waals surface area contributed by atoms with Crippen molar-refractivity contribution in [3.63, 3.8) is 0 Å². The third kappa shape index (κ3) is 5.21. The molecule has 4 rings (SSSR count). The van der Waals surface area contributed by atoms with E-state index in [0.29, 0.717) is 29.4 Å². The number of ketones is 1. The van der Waals surface area contributed by atoms with Crippen molar-refractivity contribution in [2.75, 3.05) is 13.7 Å². The number of pyridine rings is 1. The monoisotopic (exact) mass is 500 g/mol. The largest absolute Gasteiger partial charge is 0.507 e. The lowest BCUT2D eigenvalue weighted by atomic mass is 9.84. The summed E-state index contributed by atoms with van der Waals surface area (Å²) >= 11 is 0. The molecule has 0 saturated carbocycles. The number of hydrogen-bond donors (Lipinski definition) is 1. The first-order chi connectivity index (χ1) is 17.7. The van der Waals surface area contributed by atoms with Crippen molar-refractivity contribution in [3.8, 4) is 11.5 Å². The van der Waals surface area contributed by atoms with Crippen LogP contribution in [0.1, 0.15) is 56.1 Å². The van der Waals surface area contributed by atoms with Crippen LogP contribution in [-0.2, 0) is 21.5 Å². The van der Waals surface area contributed by atoms with E-state index in [0.717, 1.165) is 11.1 Å². The minimum absolute atomic E-state index is 0.0150. The molecule has 0 bridgehead atoms. The summed E-state index contributed by atoms with van der Waals surface area (Å²) in [5.74, 6) is -0.257. The zero-order valence-electron chi connectivity index (χ0n) is 21.8. The molecule has 1 atom stereocenters. The molecule has 7 heteroatoms. The maximum Gasteiger partial charge on any atom is 0.296 e. The minimum atomic E-state index is -0.840. The molecule has 2 heterocycles. The van der Waals surface area contributed by atoms with Gasteiger partial charge in [0.25, 0.3) is 11.7 Å².